The van der Waals surface area contributed by atoms with Gasteiger partial charge in [0, 0.05) is 0 Å². The molecule has 1 saturated heterocycles. The number of aliphatic hydroxyl groups is 1. The summed E-state index contributed by atoms with van der Waals surface area (Å²) in [6.07, 6.45) is -3.66. The smallest absolute Gasteiger partial charge is 0.358 e. The molecule has 0 aromatic heterocycles. The number of alkyl halides is 2. The van der Waals surface area contributed by atoms with Crippen molar-refractivity contribution < 1.29 is 18.6 Å². The van der Waals surface area contributed by atoms with E-state index in [2.05, 4.69) is 4.74 Å². The van der Waals surface area contributed by atoms with Gasteiger partial charge in [-0.1, -0.05) is 0 Å². The SMILES string of the molecule is O[C@H]1CCCOC(F)(F)C1. The zero-order chi connectivity index (χ0) is 7.61. The molecule has 0 aliphatic carbocycles. The van der Waals surface area contributed by atoms with Crippen LogP contribution in [-0.2, 0) is 4.74 Å². The predicted octanol–water partition coefficient (Wildman–Crippen LogP) is 1.14. The van der Waals surface area contributed by atoms with Crippen LogP contribution in [0.1, 0.15) is 19.3 Å². The first kappa shape index (κ1) is 7.88. The maximum absolute atomic E-state index is 12.3. The molecule has 0 spiro atoms. The van der Waals surface area contributed by atoms with Gasteiger partial charge in [0.25, 0.3) is 0 Å². The predicted molar refractivity (Wildman–Crippen MR) is 30.8 cm³/mol. The summed E-state index contributed by atoms with van der Waals surface area (Å²) in [7, 11) is 0. The molecule has 1 rings (SSSR count). The summed E-state index contributed by atoms with van der Waals surface area (Å²) < 4.78 is 28.8. The van der Waals surface area contributed by atoms with Crippen LogP contribution in [0.25, 0.3) is 0 Å². The van der Waals surface area contributed by atoms with Crippen molar-refractivity contribution in [1.29, 1.82) is 0 Å². The molecular weight excluding hydrogens is 142 g/mol. The van der Waals surface area contributed by atoms with Gasteiger partial charge in [0.05, 0.1) is 19.1 Å². The normalized spacial score (nSPS) is 33.3. The lowest BCUT2D eigenvalue weighted by atomic mass is 10.1. The van der Waals surface area contributed by atoms with Crippen molar-refractivity contribution in [2.24, 2.45) is 0 Å². The Labute approximate surface area is 57.8 Å². The Hall–Kier alpha value is -0.220. The number of rotatable bonds is 0. The van der Waals surface area contributed by atoms with Gasteiger partial charge in [-0.25, -0.2) is 0 Å². The van der Waals surface area contributed by atoms with Crippen LogP contribution in [0, 0.1) is 0 Å². The van der Waals surface area contributed by atoms with Crippen molar-refractivity contribution in [2.45, 2.75) is 31.5 Å². The Bertz CT molecular complexity index is 116. The van der Waals surface area contributed by atoms with Crippen molar-refractivity contribution >= 4 is 0 Å². The van der Waals surface area contributed by atoms with E-state index < -0.39 is 18.6 Å². The Morgan fingerprint density at radius 1 is 1.50 bits per heavy atom. The number of hydrogen-bond acceptors (Lipinski definition) is 2. The number of ether oxygens (including phenoxy) is 1. The highest BCUT2D eigenvalue weighted by Crippen LogP contribution is 2.26. The van der Waals surface area contributed by atoms with Crippen LogP contribution >= 0.6 is 0 Å². The Kier molecular flexibility index (Phi) is 2.21. The number of hydrogen-bond donors (Lipinski definition) is 1. The van der Waals surface area contributed by atoms with Gasteiger partial charge in [0.2, 0.25) is 0 Å². The molecule has 1 aliphatic heterocycles. The van der Waals surface area contributed by atoms with Crippen LogP contribution in [0.5, 0.6) is 0 Å². The molecule has 0 unspecified atom stereocenters. The number of aliphatic hydroxyl groups excluding tert-OH is 1. The minimum atomic E-state index is -3.12. The van der Waals surface area contributed by atoms with Gasteiger partial charge in [0.15, 0.2) is 0 Å². The summed E-state index contributed by atoms with van der Waals surface area (Å²) in [5.41, 5.74) is 0. The molecule has 0 aromatic rings. The molecule has 1 fully saturated rings. The van der Waals surface area contributed by atoms with Crippen molar-refractivity contribution in [1.82, 2.24) is 0 Å². The van der Waals surface area contributed by atoms with E-state index in [1.807, 2.05) is 0 Å². The van der Waals surface area contributed by atoms with Crippen LogP contribution in [-0.4, -0.2) is 23.9 Å². The molecule has 60 valence electrons. The Morgan fingerprint density at radius 2 is 2.20 bits per heavy atom. The minimum absolute atomic E-state index is 0.0457. The highest BCUT2D eigenvalue weighted by Gasteiger charge is 2.34. The first-order valence-electron chi connectivity index (χ1n) is 3.30. The van der Waals surface area contributed by atoms with Gasteiger partial charge in [-0.05, 0) is 12.8 Å². The van der Waals surface area contributed by atoms with E-state index in [-0.39, 0.29) is 6.61 Å². The minimum Gasteiger partial charge on any atom is -0.393 e. The highest BCUT2D eigenvalue weighted by molar-refractivity contribution is 4.66. The number of halogens is 2. The van der Waals surface area contributed by atoms with E-state index in [9.17, 15) is 8.78 Å². The first-order valence-corrected chi connectivity index (χ1v) is 3.30. The second-order valence-corrected chi connectivity index (χ2v) is 2.49. The zero-order valence-electron chi connectivity index (χ0n) is 5.52. The van der Waals surface area contributed by atoms with Gasteiger partial charge >= 0.3 is 6.11 Å². The van der Waals surface area contributed by atoms with Crippen LogP contribution in [0.2, 0.25) is 0 Å². The summed E-state index contributed by atoms with van der Waals surface area (Å²) in [5.74, 6) is 0. The Balaban J connectivity index is 2.46. The van der Waals surface area contributed by atoms with E-state index >= 15 is 0 Å². The summed E-state index contributed by atoms with van der Waals surface area (Å²) >= 11 is 0. The summed E-state index contributed by atoms with van der Waals surface area (Å²) in [4.78, 5) is 0. The third-order valence-electron chi connectivity index (χ3n) is 1.47. The molecule has 0 amide bonds. The van der Waals surface area contributed by atoms with Crippen molar-refractivity contribution in [2.75, 3.05) is 6.61 Å². The molecule has 0 radical (unpaired) electrons. The van der Waals surface area contributed by atoms with Gasteiger partial charge in [0.1, 0.15) is 0 Å². The van der Waals surface area contributed by atoms with E-state index in [1.54, 1.807) is 0 Å². The molecule has 1 atom stereocenters. The standard InChI is InChI=1S/C6H10F2O2/c7-6(8)4-5(9)2-1-3-10-6/h5,9H,1-4H2/t5-/m0/s1. The summed E-state index contributed by atoms with van der Waals surface area (Å²) in [6, 6.07) is 0. The lowest BCUT2D eigenvalue weighted by Crippen LogP contribution is -2.23. The molecule has 0 aromatic carbocycles. The summed E-state index contributed by atoms with van der Waals surface area (Å²) in [6.45, 7) is 0.0457. The molecule has 1 N–H and O–H groups in total. The van der Waals surface area contributed by atoms with Crippen molar-refractivity contribution in [3.8, 4) is 0 Å². The van der Waals surface area contributed by atoms with Gasteiger partial charge in [-0.3, -0.25) is 0 Å². The van der Waals surface area contributed by atoms with Crippen molar-refractivity contribution in [3.63, 3.8) is 0 Å². The van der Waals surface area contributed by atoms with Crippen LogP contribution in [0.4, 0.5) is 8.78 Å². The van der Waals surface area contributed by atoms with Gasteiger partial charge in [-0.2, -0.15) is 8.78 Å². The van der Waals surface area contributed by atoms with Crippen molar-refractivity contribution in [3.05, 3.63) is 0 Å². The van der Waals surface area contributed by atoms with Gasteiger partial charge in [-0.15, -0.1) is 0 Å². The fourth-order valence-corrected chi connectivity index (χ4v) is 0.976. The topological polar surface area (TPSA) is 29.5 Å². The average Bonchev–Trinajstić information content (AvgIpc) is 1.90. The monoisotopic (exact) mass is 152 g/mol. The second kappa shape index (κ2) is 2.80. The fraction of sp³-hybridized carbons (Fsp3) is 1.00. The third kappa shape index (κ3) is 2.19. The first-order chi connectivity index (χ1) is 4.60. The van der Waals surface area contributed by atoms with E-state index in [0.717, 1.165) is 0 Å². The van der Waals surface area contributed by atoms with E-state index in [1.165, 1.54) is 0 Å². The molecule has 2 nitrogen and oxygen atoms in total. The molecule has 1 aliphatic rings. The third-order valence-corrected chi connectivity index (χ3v) is 1.47. The maximum Gasteiger partial charge on any atom is 0.358 e. The molecular formula is C6H10F2O2. The van der Waals surface area contributed by atoms with E-state index in [4.69, 9.17) is 5.11 Å². The highest BCUT2D eigenvalue weighted by atomic mass is 19.3. The fourth-order valence-electron chi connectivity index (χ4n) is 0.976. The van der Waals surface area contributed by atoms with Crippen LogP contribution in [0.3, 0.4) is 0 Å². The lowest BCUT2D eigenvalue weighted by Gasteiger charge is -2.14. The lowest BCUT2D eigenvalue weighted by molar-refractivity contribution is -0.243. The molecule has 10 heavy (non-hydrogen) atoms. The molecule has 0 bridgehead atoms. The summed E-state index contributed by atoms with van der Waals surface area (Å²) in [5, 5.41) is 8.86. The molecule has 4 heteroatoms. The molecule has 1 heterocycles. The maximum atomic E-state index is 12.3. The second-order valence-electron chi connectivity index (χ2n) is 2.49. The average molecular weight is 152 g/mol. The largest absolute Gasteiger partial charge is 0.393 e. The van der Waals surface area contributed by atoms with Crippen LogP contribution in [0.15, 0.2) is 0 Å². The zero-order valence-corrected chi connectivity index (χ0v) is 5.52. The Morgan fingerprint density at radius 3 is 2.90 bits per heavy atom. The quantitative estimate of drug-likeness (QED) is 0.564. The van der Waals surface area contributed by atoms with E-state index in [0.29, 0.717) is 12.8 Å². The molecule has 0 saturated carbocycles. The van der Waals surface area contributed by atoms with Crippen LogP contribution < -0.4 is 0 Å². The van der Waals surface area contributed by atoms with Gasteiger partial charge < -0.3 is 9.84 Å².